The third-order valence-electron chi connectivity index (χ3n) is 4.45. The normalized spacial score (nSPS) is 13.4. The Morgan fingerprint density at radius 3 is 2.60 bits per heavy atom. The van der Waals surface area contributed by atoms with Crippen molar-refractivity contribution in [1.82, 2.24) is 24.2 Å². The third-order valence-corrected chi connectivity index (χ3v) is 4.45. The first-order valence-electron chi connectivity index (χ1n) is 8.81. The zero-order valence-electron chi connectivity index (χ0n) is 15.8. The molecule has 1 amide bonds. The SMILES string of the molecule is Cc1occc1C(=O)N1CCn2c(Cn3cccn3)cnc2C1.O=C(O)C(F)(F)F. The van der Waals surface area contributed by atoms with Gasteiger partial charge in [0.25, 0.3) is 5.91 Å². The molecule has 0 unspecified atom stereocenters. The van der Waals surface area contributed by atoms with Gasteiger partial charge >= 0.3 is 12.1 Å². The summed E-state index contributed by atoms with van der Waals surface area (Å²) >= 11 is 0. The van der Waals surface area contributed by atoms with E-state index in [1.807, 2.05) is 28.0 Å². The number of aliphatic carboxylic acids is 1. The number of carbonyl (C=O) groups is 2. The lowest BCUT2D eigenvalue weighted by Gasteiger charge is -2.28. The Labute approximate surface area is 168 Å². The van der Waals surface area contributed by atoms with Crippen LogP contribution in [0.1, 0.15) is 27.6 Å². The van der Waals surface area contributed by atoms with E-state index in [0.717, 1.165) is 18.1 Å². The molecule has 0 aromatic carbocycles. The van der Waals surface area contributed by atoms with Crippen LogP contribution in [0.3, 0.4) is 0 Å². The lowest BCUT2D eigenvalue weighted by Crippen LogP contribution is -2.39. The number of carbonyl (C=O) groups excluding carboxylic acids is 1. The quantitative estimate of drug-likeness (QED) is 0.690. The third kappa shape index (κ3) is 4.70. The molecule has 160 valence electrons. The summed E-state index contributed by atoms with van der Waals surface area (Å²) in [5, 5.41) is 11.4. The van der Waals surface area contributed by atoms with Crippen LogP contribution in [-0.4, -0.2) is 53.9 Å². The first kappa shape index (κ1) is 21.1. The largest absolute Gasteiger partial charge is 0.490 e. The summed E-state index contributed by atoms with van der Waals surface area (Å²) in [4.78, 5) is 27.8. The maximum Gasteiger partial charge on any atom is 0.490 e. The Morgan fingerprint density at radius 1 is 1.30 bits per heavy atom. The number of rotatable bonds is 3. The summed E-state index contributed by atoms with van der Waals surface area (Å²) in [6.07, 6.45) is 2.03. The van der Waals surface area contributed by atoms with Crippen molar-refractivity contribution in [3.8, 4) is 0 Å². The van der Waals surface area contributed by atoms with Crippen LogP contribution < -0.4 is 0 Å². The van der Waals surface area contributed by atoms with Gasteiger partial charge in [-0.05, 0) is 19.1 Å². The number of furan rings is 1. The average molecular weight is 425 g/mol. The highest BCUT2D eigenvalue weighted by atomic mass is 19.4. The van der Waals surface area contributed by atoms with Crippen LogP contribution in [0.4, 0.5) is 13.2 Å². The molecule has 4 rings (SSSR count). The molecule has 3 aromatic heterocycles. The number of fused-ring (bicyclic) bond motifs is 1. The first-order valence-corrected chi connectivity index (χ1v) is 8.81. The van der Waals surface area contributed by atoms with Crippen LogP contribution in [0, 0.1) is 6.92 Å². The number of carboxylic acid groups (broad SMARTS) is 1. The zero-order chi connectivity index (χ0) is 21.9. The minimum absolute atomic E-state index is 0.000809. The van der Waals surface area contributed by atoms with Gasteiger partial charge in [-0.25, -0.2) is 9.78 Å². The van der Waals surface area contributed by atoms with E-state index in [0.29, 0.717) is 31.0 Å². The fraction of sp³-hybridized carbons (Fsp3) is 0.333. The predicted octanol–water partition coefficient (Wildman–Crippen LogP) is 2.32. The highest BCUT2D eigenvalue weighted by Gasteiger charge is 2.38. The Morgan fingerprint density at radius 2 is 2.03 bits per heavy atom. The number of alkyl halides is 3. The molecule has 30 heavy (non-hydrogen) atoms. The Balaban J connectivity index is 0.000000318. The van der Waals surface area contributed by atoms with Gasteiger partial charge in [0, 0.05) is 25.5 Å². The lowest BCUT2D eigenvalue weighted by atomic mass is 10.2. The molecule has 4 heterocycles. The Kier molecular flexibility index (Phi) is 5.94. The summed E-state index contributed by atoms with van der Waals surface area (Å²) in [5.41, 5.74) is 1.73. The standard InChI is InChI=1S/C16H17N5O2.C2HF3O2/c1-12-14(3-8-23-12)16(22)19-6-7-21-13(9-17-15(21)11-19)10-20-5-2-4-18-20;3-2(4,5)1(6)7/h2-5,8-9H,6-7,10-11H2,1H3;(H,6,7). The van der Waals surface area contributed by atoms with Crippen molar-refractivity contribution in [1.29, 1.82) is 0 Å². The number of hydrogen-bond acceptors (Lipinski definition) is 5. The van der Waals surface area contributed by atoms with E-state index in [-0.39, 0.29) is 5.91 Å². The van der Waals surface area contributed by atoms with Crippen molar-refractivity contribution >= 4 is 11.9 Å². The van der Waals surface area contributed by atoms with Crippen LogP contribution in [0.2, 0.25) is 0 Å². The molecule has 0 atom stereocenters. The number of nitrogens with zero attached hydrogens (tertiary/aromatic N) is 5. The van der Waals surface area contributed by atoms with E-state index in [2.05, 4.69) is 14.6 Å². The number of aromatic nitrogens is 4. The molecule has 9 nitrogen and oxygen atoms in total. The molecule has 3 aromatic rings. The molecule has 0 saturated heterocycles. The first-order chi connectivity index (χ1) is 14.2. The van der Waals surface area contributed by atoms with Gasteiger partial charge in [0.15, 0.2) is 0 Å². The molecule has 0 radical (unpaired) electrons. The topological polar surface area (TPSA) is 106 Å². The van der Waals surface area contributed by atoms with Gasteiger partial charge < -0.3 is 19.0 Å². The maximum atomic E-state index is 12.6. The highest BCUT2D eigenvalue weighted by molar-refractivity contribution is 5.95. The molecule has 12 heteroatoms. The smallest absolute Gasteiger partial charge is 0.475 e. The van der Waals surface area contributed by atoms with Gasteiger partial charge in [-0.3, -0.25) is 9.48 Å². The van der Waals surface area contributed by atoms with Crippen molar-refractivity contribution < 1.29 is 32.3 Å². The number of hydrogen-bond donors (Lipinski definition) is 1. The summed E-state index contributed by atoms with van der Waals surface area (Å²) < 4.78 is 41.0. The summed E-state index contributed by atoms with van der Waals surface area (Å²) in [6.45, 7) is 4.42. The second-order valence-corrected chi connectivity index (χ2v) is 6.44. The summed E-state index contributed by atoms with van der Waals surface area (Å²) in [5.74, 6) is -1.19. The van der Waals surface area contributed by atoms with Crippen LogP contribution in [-0.2, 0) is 24.4 Å². The van der Waals surface area contributed by atoms with Gasteiger partial charge in [0.05, 0.1) is 36.8 Å². The van der Waals surface area contributed by atoms with E-state index in [4.69, 9.17) is 14.3 Å². The van der Waals surface area contributed by atoms with Gasteiger partial charge in [0.1, 0.15) is 11.6 Å². The number of imidazole rings is 1. The lowest BCUT2D eigenvalue weighted by molar-refractivity contribution is -0.192. The second kappa shape index (κ2) is 8.43. The van der Waals surface area contributed by atoms with Gasteiger partial charge in [-0.2, -0.15) is 18.3 Å². The second-order valence-electron chi connectivity index (χ2n) is 6.44. The van der Waals surface area contributed by atoms with Crippen molar-refractivity contribution in [2.24, 2.45) is 0 Å². The van der Waals surface area contributed by atoms with Crippen LogP contribution >= 0.6 is 0 Å². The average Bonchev–Trinajstić information content (AvgIpc) is 3.43. The molecule has 1 aliphatic rings. The van der Waals surface area contributed by atoms with Crippen molar-refractivity contribution in [2.75, 3.05) is 6.54 Å². The Hall–Kier alpha value is -3.57. The van der Waals surface area contributed by atoms with E-state index in [9.17, 15) is 18.0 Å². The van der Waals surface area contributed by atoms with Gasteiger partial charge in [0.2, 0.25) is 0 Å². The van der Waals surface area contributed by atoms with Crippen molar-refractivity contribution in [3.05, 3.63) is 59.8 Å². The van der Waals surface area contributed by atoms with E-state index in [1.165, 1.54) is 0 Å². The number of amides is 1. The number of halogens is 3. The molecular weight excluding hydrogens is 407 g/mol. The van der Waals surface area contributed by atoms with Crippen LogP contribution in [0.25, 0.3) is 0 Å². The molecule has 1 N–H and O–H groups in total. The molecule has 0 spiro atoms. The molecule has 0 fully saturated rings. The molecule has 0 aliphatic carbocycles. The Bertz CT molecular complexity index is 1020. The fourth-order valence-electron chi connectivity index (χ4n) is 2.96. The predicted molar refractivity (Wildman–Crippen MR) is 95.4 cm³/mol. The number of aryl methyl sites for hydroxylation is 1. The van der Waals surface area contributed by atoms with E-state index < -0.39 is 12.1 Å². The number of carboxylic acids is 1. The minimum atomic E-state index is -5.08. The highest BCUT2D eigenvalue weighted by Crippen LogP contribution is 2.19. The van der Waals surface area contributed by atoms with Crippen LogP contribution in [0.5, 0.6) is 0 Å². The van der Waals surface area contributed by atoms with E-state index in [1.54, 1.807) is 25.5 Å². The zero-order valence-corrected chi connectivity index (χ0v) is 15.8. The van der Waals surface area contributed by atoms with Crippen LogP contribution in [0.15, 0.2) is 41.4 Å². The molecule has 0 saturated carbocycles. The monoisotopic (exact) mass is 425 g/mol. The van der Waals surface area contributed by atoms with Crippen molar-refractivity contribution in [3.63, 3.8) is 0 Å². The molecule has 1 aliphatic heterocycles. The van der Waals surface area contributed by atoms with Gasteiger partial charge in [-0.15, -0.1) is 0 Å². The van der Waals surface area contributed by atoms with Crippen molar-refractivity contribution in [2.45, 2.75) is 32.7 Å². The summed E-state index contributed by atoms with van der Waals surface area (Å²) in [6, 6.07) is 3.63. The maximum absolute atomic E-state index is 12.6. The fourth-order valence-corrected chi connectivity index (χ4v) is 2.96. The summed E-state index contributed by atoms with van der Waals surface area (Å²) in [7, 11) is 0. The molecular formula is C18H18F3N5O4. The van der Waals surface area contributed by atoms with Gasteiger partial charge in [-0.1, -0.05) is 0 Å². The van der Waals surface area contributed by atoms with E-state index >= 15 is 0 Å². The minimum Gasteiger partial charge on any atom is -0.475 e. The molecule has 0 bridgehead atoms.